The number of rotatable bonds is 10. The minimum atomic E-state index is -4.52. The zero-order valence-electron chi connectivity index (χ0n) is 33.1. The summed E-state index contributed by atoms with van der Waals surface area (Å²) in [4.78, 5) is 60.2. The predicted octanol–water partition coefficient (Wildman–Crippen LogP) is 7.35. The third kappa shape index (κ3) is 9.05. The zero-order valence-corrected chi connectivity index (χ0v) is 33.9. The number of fused-ring (bicyclic) bond motifs is 3. The molecule has 16 heteroatoms. The number of alkyl carbamates (subject to hydrolysis) is 1. The maximum absolute atomic E-state index is 14.9. The molecule has 4 fully saturated rings. The lowest BCUT2D eigenvalue weighted by molar-refractivity contribution is -0.140. The zero-order chi connectivity index (χ0) is 41.0. The quantitative estimate of drug-likeness (QED) is 0.176. The highest BCUT2D eigenvalue weighted by atomic mass is 31.2. The molecule has 6 atom stereocenters. The van der Waals surface area contributed by atoms with Gasteiger partial charge in [0.25, 0.3) is 0 Å². The Morgan fingerprint density at radius 2 is 1.71 bits per heavy atom. The minimum Gasteiger partial charge on any atom is -0.497 e. The fourth-order valence-electron chi connectivity index (χ4n) is 8.88. The average Bonchev–Trinajstić information content (AvgIpc) is 3.46. The lowest BCUT2D eigenvalue weighted by Gasteiger charge is -2.31. The molecular formula is C42H53F2N4O9P. The van der Waals surface area contributed by atoms with Crippen LogP contribution in [0.15, 0.2) is 42.5 Å². The van der Waals surface area contributed by atoms with Crippen molar-refractivity contribution in [2.24, 2.45) is 5.92 Å². The molecule has 3 heterocycles. The van der Waals surface area contributed by atoms with Gasteiger partial charge in [0.05, 0.1) is 31.9 Å². The van der Waals surface area contributed by atoms with Crippen LogP contribution in [0, 0.1) is 17.6 Å². The van der Waals surface area contributed by atoms with Gasteiger partial charge in [-0.2, -0.15) is 0 Å². The summed E-state index contributed by atoms with van der Waals surface area (Å²) in [5.74, 6) is -2.23. The number of benzene rings is 2. The first-order valence-electron chi connectivity index (χ1n) is 20.5. The topological polar surface area (TPSA) is 166 Å². The van der Waals surface area contributed by atoms with Crippen LogP contribution in [0.25, 0.3) is 10.9 Å². The summed E-state index contributed by atoms with van der Waals surface area (Å²) in [7, 11) is -2.97. The number of aromatic nitrogens is 1. The fourth-order valence-corrected chi connectivity index (χ4v) is 11.4. The fraction of sp³-hybridized carbons (Fsp3) is 0.571. The number of hydrogen-bond donors (Lipinski definition) is 3. The van der Waals surface area contributed by atoms with Crippen molar-refractivity contribution in [1.82, 2.24) is 20.5 Å². The Balaban J connectivity index is 1.21. The van der Waals surface area contributed by atoms with E-state index in [9.17, 15) is 32.6 Å². The predicted molar refractivity (Wildman–Crippen MR) is 211 cm³/mol. The molecule has 4 aliphatic rings. The smallest absolute Gasteiger partial charge is 0.408 e. The first kappa shape index (κ1) is 41.7. The molecule has 0 radical (unpaired) electrons. The number of halogens is 2. The van der Waals surface area contributed by atoms with E-state index in [2.05, 4.69) is 15.6 Å². The van der Waals surface area contributed by atoms with Crippen LogP contribution in [0.4, 0.5) is 13.6 Å². The highest BCUT2D eigenvalue weighted by Gasteiger charge is 2.66. The third-order valence-electron chi connectivity index (χ3n) is 12.1. The molecule has 2 unspecified atom stereocenters. The molecule has 1 aromatic heterocycles. The molecule has 2 aliphatic heterocycles. The van der Waals surface area contributed by atoms with E-state index in [4.69, 9.17) is 18.9 Å². The van der Waals surface area contributed by atoms with Crippen molar-refractivity contribution in [3.63, 3.8) is 0 Å². The second-order valence-corrected chi connectivity index (χ2v) is 18.5. The van der Waals surface area contributed by atoms with Gasteiger partial charge >= 0.3 is 6.09 Å². The number of carbonyl (C=O) groups excluding carboxylic acids is 3. The van der Waals surface area contributed by atoms with Gasteiger partial charge in [0.2, 0.25) is 25.1 Å². The molecule has 7 rings (SSSR count). The van der Waals surface area contributed by atoms with Crippen LogP contribution in [-0.2, 0) is 25.1 Å². The van der Waals surface area contributed by atoms with Crippen LogP contribution in [0.2, 0.25) is 0 Å². The van der Waals surface area contributed by atoms with Gasteiger partial charge in [-0.15, -0.1) is 0 Å². The maximum Gasteiger partial charge on any atom is 0.408 e. The summed E-state index contributed by atoms with van der Waals surface area (Å²) in [5, 5.41) is 4.68. The number of pyridine rings is 1. The molecule has 314 valence electrons. The van der Waals surface area contributed by atoms with Crippen molar-refractivity contribution in [2.45, 2.75) is 126 Å². The van der Waals surface area contributed by atoms with Crippen LogP contribution in [0.3, 0.4) is 0 Å². The number of amides is 3. The van der Waals surface area contributed by atoms with E-state index in [0.717, 1.165) is 57.1 Å². The van der Waals surface area contributed by atoms with Crippen LogP contribution in [0.5, 0.6) is 17.4 Å². The summed E-state index contributed by atoms with van der Waals surface area (Å²) < 4.78 is 67.5. The van der Waals surface area contributed by atoms with E-state index in [1.807, 2.05) is 6.92 Å². The maximum atomic E-state index is 14.9. The van der Waals surface area contributed by atoms with Crippen molar-refractivity contribution >= 4 is 36.2 Å². The molecule has 3 amide bonds. The van der Waals surface area contributed by atoms with Crippen molar-refractivity contribution in [3.05, 3.63) is 59.7 Å². The molecule has 13 nitrogen and oxygen atoms in total. The Bertz CT molecular complexity index is 2030. The SMILES string of the molecule is CCOc1cc(OC2C[C@H]3C(=O)N[C@]4(P(=O)(O)Cc5c(F)cccc5F)C[C@H]4CCCCCCC[C@H](NC(=O)OC4CCCC4)C(=O)N3C2)c2ccc(OC)cc2n1. The van der Waals surface area contributed by atoms with Gasteiger partial charge in [-0.25, -0.2) is 18.6 Å². The van der Waals surface area contributed by atoms with Gasteiger partial charge in [-0.05, 0) is 82.1 Å². The number of carbonyl (C=O) groups is 3. The number of methoxy groups -OCH3 is 1. The highest BCUT2D eigenvalue weighted by Crippen LogP contribution is 2.71. The van der Waals surface area contributed by atoms with Crippen molar-refractivity contribution in [2.75, 3.05) is 20.3 Å². The van der Waals surface area contributed by atoms with E-state index in [1.165, 1.54) is 11.0 Å². The standard InChI is InChI=1S/C42H53F2N4O9P/c1-3-55-38-22-37(30-19-18-28(54-2)20-35(30)45-38)56-29-21-36-39(49)47-42(58(52,53)25-31-32(43)15-11-16-33(31)44)23-26(42)12-7-5-4-6-8-17-34(40(50)48(36)24-29)46-41(51)57-27-13-9-10-14-27/h11,15-16,18-20,22,26-27,29,34,36H,3-10,12-14,17,21,23-25H2,1-2H3,(H,46,51)(H,47,49)(H,52,53)/t26-,29?,34+,36+,42+/m1/s1. The monoisotopic (exact) mass is 826 g/mol. The van der Waals surface area contributed by atoms with Crippen LogP contribution >= 0.6 is 7.37 Å². The van der Waals surface area contributed by atoms with Crippen LogP contribution in [0.1, 0.15) is 96.0 Å². The minimum absolute atomic E-state index is 0.000822. The number of nitrogens with zero attached hydrogens (tertiary/aromatic N) is 2. The molecule has 0 spiro atoms. The summed E-state index contributed by atoms with van der Waals surface area (Å²) in [6.45, 7) is 2.12. The van der Waals surface area contributed by atoms with E-state index < -0.39 is 78.0 Å². The van der Waals surface area contributed by atoms with Gasteiger partial charge in [-0.3, -0.25) is 14.2 Å². The van der Waals surface area contributed by atoms with E-state index >= 15 is 0 Å². The number of ether oxygens (including phenoxy) is 4. The molecule has 58 heavy (non-hydrogen) atoms. The molecule has 3 aromatic rings. The Kier molecular flexibility index (Phi) is 12.8. The first-order chi connectivity index (χ1) is 27.9. The van der Waals surface area contributed by atoms with Gasteiger partial charge < -0.3 is 39.4 Å². The molecule has 2 aliphatic carbocycles. The second kappa shape index (κ2) is 17.8. The van der Waals surface area contributed by atoms with Crippen molar-refractivity contribution in [3.8, 4) is 17.4 Å². The Labute approximate surface area is 337 Å². The highest BCUT2D eigenvalue weighted by molar-refractivity contribution is 7.59. The van der Waals surface area contributed by atoms with Crippen molar-refractivity contribution in [1.29, 1.82) is 0 Å². The summed E-state index contributed by atoms with van der Waals surface area (Å²) in [6.07, 6.45) is 5.69. The van der Waals surface area contributed by atoms with E-state index in [1.54, 1.807) is 31.4 Å². The van der Waals surface area contributed by atoms with Gasteiger partial charge in [0.15, 0.2) is 0 Å². The number of hydrogen-bond acceptors (Lipinski definition) is 9. The average molecular weight is 827 g/mol. The lowest BCUT2D eigenvalue weighted by atomic mass is 10.0. The van der Waals surface area contributed by atoms with Crippen LogP contribution in [-0.4, -0.2) is 82.5 Å². The third-order valence-corrected chi connectivity index (χ3v) is 14.7. The Morgan fingerprint density at radius 1 is 1.00 bits per heavy atom. The largest absolute Gasteiger partial charge is 0.497 e. The number of nitrogens with one attached hydrogen (secondary N) is 2. The van der Waals surface area contributed by atoms with Gasteiger partial charge in [0, 0.05) is 29.5 Å². The molecule has 2 aromatic carbocycles. The second-order valence-electron chi connectivity index (χ2n) is 16.0. The molecular weight excluding hydrogens is 773 g/mol. The molecule has 2 saturated heterocycles. The lowest BCUT2D eigenvalue weighted by Crippen LogP contribution is -2.55. The van der Waals surface area contributed by atoms with Crippen molar-refractivity contribution < 1.29 is 51.6 Å². The Hall–Kier alpha value is -4.49. The molecule has 3 N–H and O–H groups in total. The summed E-state index contributed by atoms with van der Waals surface area (Å²) >= 11 is 0. The molecule has 0 bridgehead atoms. The summed E-state index contributed by atoms with van der Waals surface area (Å²) in [6, 6.07) is 8.01. The normalized spacial score (nSPS) is 26.7. The first-order valence-corrected chi connectivity index (χ1v) is 22.4. The van der Waals surface area contributed by atoms with Crippen LogP contribution < -0.4 is 24.8 Å². The van der Waals surface area contributed by atoms with Gasteiger partial charge in [-0.1, -0.05) is 38.2 Å². The molecule has 2 saturated carbocycles. The Morgan fingerprint density at radius 3 is 2.43 bits per heavy atom. The summed E-state index contributed by atoms with van der Waals surface area (Å²) in [5.41, 5.74) is 0.0235. The van der Waals surface area contributed by atoms with E-state index in [-0.39, 0.29) is 25.5 Å². The van der Waals surface area contributed by atoms with E-state index in [0.29, 0.717) is 60.6 Å². The van der Waals surface area contributed by atoms with Gasteiger partial charge in [0.1, 0.15) is 52.7 Å².